The van der Waals surface area contributed by atoms with Crippen LogP contribution in [0.2, 0.25) is 0 Å². The second-order valence-electron chi connectivity index (χ2n) is 22.7. The second-order valence-corrected chi connectivity index (χ2v) is 22.7. The van der Waals surface area contributed by atoms with E-state index in [1.54, 1.807) is 54.3 Å². The van der Waals surface area contributed by atoms with Crippen LogP contribution in [0.25, 0.3) is 21.7 Å². The first-order valence-electron chi connectivity index (χ1n) is 27.5. The Hall–Kier alpha value is -7.69. The number of aliphatic hydroxyl groups excluding tert-OH is 2. The molecule has 1 amide bonds. The van der Waals surface area contributed by atoms with Gasteiger partial charge < -0.3 is 69.1 Å². The van der Waals surface area contributed by atoms with E-state index >= 15 is 4.39 Å². The summed E-state index contributed by atoms with van der Waals surface area (Å²) in [7, 11) is 2.77. The monoisotopic (exact) mass is 1140 g/mol. The van der Waals surface area contributed by atoms with Gasteiger partial charge in [-0.15, -0.1) is 0 Å². The number of esters is 1. The second kappa shape index (κ2) is 23.7. The SMILES string of the molecule is COc1c(N2CCC(N(CC(C)C)/N=C/c3c4c(O)c5c(O)c(C)c6c(c5c3O)C(=O)[C@@](C)(O/C=C/[C@H](OC)[C@@H](C)[C@@H](OC(C)=O)[C@H](C)[C@H](O)[C@H](C)[C@@H](O)[C@H](C)/C=C/C=C(/C)C(=O)N4)O6)C2)c(F)cc2c(=O)c(C(=O)O)cn(C3CC3)c12. The molecule has 5 heterocycles. The molecule has 22 heteroatoms. The first-order chi connectivity index (χ1) is 38.7. The van der Waals surface area contributed by atoms with Gasteiger partial charge in [0.25, 0.3) is 11.7 Å². The number of phenolic OH excluding ortho intramolecular Hbond substituents is 3. The van der Waals surface area contributed by atoms with E-state index in [4.69, 9.17) is 28.8 Å². The number of hydrogen-bond acceptors (Lipinski definition) is 18. The van der Waals surface area contributed by atoms with Crippen LogP contribution in [0.4, 0.5) is 15.8 Å². The molecule has 0 radical (unpaired) electrons. The lowest BCUT2D eigenvalue weighted by atomic mass is 9.78. The molecule has 1 saturated heterocycles. The number of amides is 1. The number of rotatable bonds is 11. The number of halogens is 1. The summed E-state index contributed by atoms with van der Waals surface area (Å²) in [5.41, 5.74) is -1.89. The van der Waals surface area contributed by atoms with Gasteiger partial charge in [0.05, 0.1) is 77.0 Å². The third kappa shape index (κ3) is 11.2. The van der Waals surface area contributed by atoms with Gasteiger partial charge in [-0.05, 0) is 51.2 Å². The summed E-state index contributed by atoms with van der Waals surface area (Å²) in [6, 6.07) is 0.468. The van der Waals surface area contributed by atoms with Crippen molar-refractivity contribution in [1.82, 2.24) is 9.58 Å². The highest BCUT2D eigenvalue weighted by atomic mass is 19.1. The molecule has 21 nitrogen and oxygen atoms in total. The molecule has 4 aromatic rings. The number of phenols is 3. The Morgan fingerprint density at radius 1 is 0.976 bits per heavy atom. The van der Waals surface area contributed by atoms with Gasteiger partial charge in [0.1, 0.15) is 34.6 Å². The number of Topliss-reactive ketones (excluding diaryl/α,β-unsaturated/α-hetero) is 1. The number of fused-ring (bicyclic) bond motifs is 15. The predicted octanol–water partition coefficient (Wildman–Crippen LogP) is 7.82. The molecule has 5 aliphatic rings. The third-order valence-electron chi connectivity index (χ3n) is 16.4. The molecule has 4 aliphatic heterocycles. The van der Waals surface area contributed by atoms with Crippen molar-refractivity contribution in [1.29, 1.82) is 0 Å². The number of nitrogens with one attached hydrogen (secondary N) is 1. The number of aromatic carboxylic acids is 1. The first kappa shape index (κ1) is 60.4. The van der Waals surface area contributed by atoms with Gasteiger partial charge in [-0.25, -0.2) is 9.18 Å². The van der Waals surface area contributed by atoms with Gasteiger partial charge in [0.15, 0.2) is 17.3 Å². The number of nitrogens with zero attached hydrogens (tertiary/aromatic N) is 4. The van der Waals surface area contributed by atoms with Gasteiger partial charge >= 0.3 is 17.7 Å². The quantitative estimate of drug-likeness (QED) is 0.0248. The Bertz CT molecular complexity index is 3400. The summed E-state index contributed by atoms with van der Waals surface area (Å²) < 4.78 is 48.0. The number of carbonyl (C=O) groups excluding carboxylic acids is 3. The standard InChI is InChI=1S/C60H74FN5O16/c1-27(2)24-66(36-18-20-64(25-36)47-40(61)22-37-46(56(47)79-12)65(35-16-17-35)26-39(51(37)71)59(76)77)62-23-38-45-53(73)43-42(52(38)72)44-55(33(8)50(43)70)82-60(10,57(44)74)80-21-19-41(78-11)30(5)54(81-34(9)67)32(7)49(69)31(6)48(68)28(3)14-13-15-29(4)58(75)63-45/h13-15,19,21-23,26-28,30-32,35-36,41,48-49,54,68-70,72-73H,16-18,20,24-25H2,1-12H3,(H,63,75)(H,76,77)/b14-13+,21-19+,29-15-,62-23+/t28-,30-,31-,32-,36?,41+,48+,49-,54-,60+/m1/s1. The minimum absolute atomic E-state index is 0.0211. The molecular weight excluding hydrogens is 1070 g/mol. The van der Waals surface area contributed by atoms with Gasteiger partial charge in [-0.2, -0.15) is 5.10 Å². The van der Waals surface area contributed by atoms with Gasteiger partial charge in [-0.1, -0.05) is 59.8 Å². The fourth-order valence-electron chi connectivity index (χ4n) is 11.6. The van der Waals surface area contributed by atoms with Crippen molar-refractivity contribution >= 4 is 62.9 Å². The highest BCUT2D eigenvalue weighted by Gasteiger charge is 2.50. The molecule has 5 bridgehead atoms. The molecule has 7 N–H and O–H groups in total. The average Bonchev–Trinajstić information content (AvgIpc) is 4.07. The van der Waals surface area contributed by atoms with Crippen LogP contribution in [-0.4, -0.2) is 140 Å². The van der Waals surface area contributed by atoms with E-state index in [2.05, 4.69) is 5.32 Å². The number of aromatic nitrogens is 1. The molecule has 0 spiro atoms. The van der Waals surface area contributed by atoms with Crippen molar-refractivity contribution in [2.75, 3.05) is 44.1 Å². The number of hydrazone groups is 1. The van der Waals surface area contributed by atoms with Crippen LogP contribution in [0.15, 0.2) is 58.3 Å². The molecule has 1 unspecified atom stereocenters. The highest BCUT2D eigenvalue weighted by molar-refractivity contribution is 6.24. The highest BCUT2D eigenvalue weighted by Crippen LogP contribution is 2.55. The van der Waals surface area contributed by atoms with Gasteiger partial charge in [0, 0.05) is 93.0 Å². The Kier molecular flexibility index (Phi) is 17.4. The van der Waals surface area contributed by atoms with Crippen molar-refractivity contribution in [2.24, 2.45) is 34.7 Å². The molecule has 10 atom stereocenters. The summed E-state index contributed by atoms with van der Waals surface area (Å²) >= 11 is 0. The molecule has 1 aliphatic carbocycles. The number of ketones is 1. The van der Waals surface area contributed by atoms with Crippen LogP contribution in [0.5, 0.6) is 28.7 Å². The van der Waals surface area contributed by atoms with Crippen LogP contribution >= 0.6 is 0 Å². The number of methoxy groups -OCH3 is 2. The van der Waals surface area contributed by atoms with E-state index in [-0.39, 0.29) is 80.8 Å². The number of ether oxygens (including phenoxy) is 5. The van der Waals surface area contributed by atoms with E-state index in [0.717, 1.165) is 25.2 Å². The molecule has 9 rings (SSSR count). The Morgan fingerprint density at radius 2 is 1.67 bits per heavy atom. The topological polar surface area (TPSA) is 289 Å². The molecule has 1 saturated carbocycles. The van der Waals surface area contributed by atoms with E-state index in [9.17, 15) is 54.6 Å². The maximum Gasteiger partial charge on any atom is 0.341 e. The normalized spacial score (nSPS) is 27.8. The number of carboxylic acids is 1. The van der Waals surface area contributed by atoms with Crippen LogP contribution in [-0.2, 0) is 23.8 Å². The van der Waals surface area contributed by atoms with Crippen LogP contribution < -0.4 is 25.1 Å². The van der Waals surface area contributed by atoms with E-state index < -0.39 is 129 Å². The predicted molar refractivity (Wildman–Crippen MR) is 304 cm³/mol. The number of hydrogen-bond donors (Lipinski definition) is 7. The maximum atomic E-state index is 16.6. The van der Waals surface area contributed by atoms with Crippen molar-refractivity contribution < 1.29 is 77.9 Å². The van der Waals surface area contributed by atoms with E-state index in [1.807, 2.05) is 13.8 Å². The molecule has 2 fully saturated rings. The lowest BCUT2D eigenvalue weighted by molar-refractivity contribution is -0.160. The number of carboxylic acid groups (broad SMARTS) is 1. The lowest BCUT2D eigenvalue weighted by Gasteiger charge is -2.38. The number of aliphatic hydroxyl groups is 2. The third-order valence-corrected chi connectivity index (χ3v) is 16.4. The zero-order valence-corrected chi connectivity index (χ0v) is 48.1. The van der Waals surface area contributed by atoms with Gasteiger partial charge in [-0.3, -0.25) is 24.2 Å². The number of anilines is 2. The summed E-state index contributed by atoms with van der Waals surface area (Å²) in [4.78, 5) is 69.0. The van der Waals surface area contributed by atoms with Crippen molar-refractivity contribution in [3.8, 4) is 28.7 Å². The first-order valence-corrected chi connectivity index (χ1v) is 27.5. The Morgan fingerprint density at radius 3 is 2.29 bits per heavy atom. The molecule has 442 valence electrons. The van der Waals surface area contributed by atoms with Crippen LogP contribution in [0.1, 0.15) is 119 Å². The zero-order chi connectivity index (χ0) is 60.1. The van der Waals surface area contributed by atoms with E-state index in [1.165, 1.54) is 66.5 Å². The Labute approximate surface area is 473 Å². The van der Waals surface area contributed by atoms with Crippen molar-refractivity contribution in [2.45, 2.75) is 131 Å². The number of carbonyl (C=O) groups is 4. The molecule has 3 aromatic carbocycles. The maximum absolute atomic E-state index is 16.6. The average molecular weight is 1140 g/mol. The number of aromatic hydroxyl groups is 3. The molecule has 1 aromatic heterocycles. The summed E-state index contributed by atoms with van der Waals surface area (Å²) in [6.45, 7) is 16.9. The smallest absolute Gasteiger partial charge is 0.341 e. The number of benzene rings is 3. The molecule has 82 heavy (non-hydrogen) atoms. The lowest BCUT2D eigenvalue weighted by Crippen LogP contribution is -2.46. The fraction of sp³-hybridized carbons (Fsp3) is 0.500. The number of allylic oxidation sites excluding steroid dienone is 2. The van der Waals surface area contributed by atoms with Crippen molar-refractivity contribution in [3.63, 3.8) is 0 Å². The summed E-state index contributed by atoms with van der Waals surface area (Å²) in [5, 5.41) is 78.4. The fourth-order valence-corrected chi connectivity index (χ4v) is 11.6. The van der Waals surface area contributed by atoms with Gasteiger partial charge in [0.2, 0.25) is 5.43 Å². The number of pyridine rings is 1. The van der Waals surface area contributed by atoms with Crippen LogP contribution in [0, 0.1) is 42.3 Å². The van der Waals surface area contributed by atoms with Crippen molar-refractivity contribution in [3.05, 3.63) is 86.7 Å². The Balaban J connectivity index is 1.24. The minimum atomic E-state index is -2.16. The largest absolute Gasteiger partial charge is 0.507 e. The molecular formula is C60H74FN5O16. The minimum Gasteiger partial charge on any atom is -0.507 e. The zero-order valence-electron chi connectivity index (χ0n) is 48.1. The summed E-state index contributed by atoms with van der Waals surface area (Å²) in [5.74, 6) is -11.6. The summed E-state index contributed by atoms with van der Waals surface area (Å²) in [6.07, 6.45) is 7.46. The van der Waals surface area contributed by atoms with E-state index in [0.29, 0.717) is 13.0 Å². The van der Waals surface area contributed by atoms with Crippen LogP contribution in [0.3, 0.4) is 0 Å².